The Bertz CT molecular complexity index is 1080. The number of hydrogen-bond donors (Lipinski definition) is 1. The number of tetrazole rings is 1. The van der Waals surface area contributed by atoms with Crippen LogP contribution in [0.5, 0.6) is 5.75 Å². The lowest BCUT2D eigenvalue weighted by molar-refractivity contribution is 0.256. The maximum Gasteiger partial charge on any atom is 0.253 e. The molecule has 3 aromatic rings. The first kappa shape index (κ1) is 19.2. The second-order valence-corrected chi connectivity index (χ2v) is 8.30. The lowest BCUT2D eigenvalue weighted by Gasteiger charge is -2.27. The summed E-state index contributed by atoms with van der Waals surface area (Å²) in [6.07, 6.45) is 6.85. The first-order valence-corrected chi connectivity index (χ1v) is 11.1. The summed E-state index contributed by atoms with van der Waals surface area (Å²) in [6, 6.07) is 7.85. The molecule has 3 heterocycles. The first-order chi connectivity index (χ1) is 14.7. The van der Waals surface area contributed by atoms with E-state index >= 15 is 0 Å². The minimum atomic E-state index is -0.244. The Hall–Kier alpha value is -2.74. The third-order valence-corrected chi connectivity index (χ3v) is 6.39. The molecule has 1 N–H and O–H groups in total. The van der Waals surface area contributed by atoms with E-state index in [1.807, 2.05) is 35.9 Å². The van der Waals surface area contributed by atoms with Crippen LogP contribution in [0.4, 0.5) is 0 Å². The Morgan fingerprint density at radius 1 is 1.17 bits per heavy atom. The molecular formula is C22H28N6O2. The van der Waals surface area contributed by atoms with Crippen molar-refractivity contribution >= 4 is 10.9 Å². The number of pyridine rings is 1. The van der Waals surface area contributed by atoms with Crippen LogP contribution in [0.25, 0.3) is 10.9 Å². The van der Waals surface area contributed by atoms with Crippen molar-refractivity contribution in [3.8, 4) is 5.75 Å². The lowest BCUT2D eigenvalue weighted by atomic mass is 10.0. The zero-order chi connectivity index (χ0) is 20.5. The molecule has 8 heteroatoms. The van der Waals surface area contributed by atoms with E-state index < -0.39 is 0 Å². The molecule has 1 atom stereocenters. The molecule has 0 spiro atoms. The molecule has 2 aromatic heterocycles. The van der Waals surface area contributed by atoms with Crippen molar-refractivity contribution in [2.75, 3.05) is 19.7 Å². The Labute approximate surface area is 175 Å². The number of likely N-dealkylation sites (tertiary alicyclic amines) is 1. The fraction of sp³-hybridized carbons (Fsp3) is 0.545. The number of H-pyrrole nitrogens is 1. The molecule has 8 nitrogen and oxygen atoms in total. The van der Waals surface area contributed by atoms with E-state index in [4.69, 9.17) is 4.74 Å². The third-order valence-electron chi connectivity index (χ3n) is 6.39. The summed E-state index contributed by atoms with van der Waals surface area (Å²) in [5.41, 5.74) is 1.43. The van der Waals surface area contributed by atoms with Gasteiger partial charge < -0.3 is 9.72 Å². The molecule has 0 radical (unpaired) electrons. The molecular weight excluding hydrogens is 380 g/mol. The van der Waals surface area contributed by atoms with Gasteiger partial charge in [-0.1, -0.05) is 12.8 Å². The van der Waals surface area contributed by atoms with Gasteiger partial charge in [0.25, 0.3) is 5.56 Å². The molecule has 0 amide bonds. The summed E-state index contributed by atoms with van der Waals surface area (Å²) in [5, 5.41) is 13.8. The van der Waals surface area contributed by atoms with Crippen LogP contribution < -0.4 is 10.3 Å². The maximum atomic E-state index is 13.2. The highest BCUT2D eigenvalue weighted by molar-refractivity contribution is 5.80. The monoisotopic (exact) mass is 408 g/mol. The Morgan fingerprint density at radius 2 is 1.97 bits per heavy atom. The van der Waals surface area contributed by atoms with E-state index in [0.717, 1.165) is 61.2 Å². The summed E-state index contributed by atoms with van der Waals surface area (Å²) in [7, 11) is 0. The normalized spacial score (nSPS) is 19.0. The molecule has 1 aliphatic heterocycles. The van der Waals surface area contributed by atoms with E-state index in [-0.39, 0.29) is 11.6 Å². The van der Waals surface area contributed by atoms with Gasteiger partial charge in [-0.25, -0.2) is 4.68 Å². The topological polar surface area (TPSA) is 88.9 Å². The number of benzene rings is 1. The van der Waals surface area contributed by atoms with Gasteiger partial charge in [-0.3, -0.25) is 9.69 Å². The van der Waals surface area contributed by atoms with Gasteiger partial charge in [0.15, 0.2) is 5.82 Å². The largest absolute Gasteiger partial charge is 0.494 e. The van der Waals surface area contributed by atoms with Gasteiger partial charge in [0.2, 0.25) is 0 Å². The second-order valence-electron chi connectivity index (χ2n) is 8.30. The van der Waals surface area contributed by atoms with E-state index in [1.54, 1.807) is 0 Å². The smallest absolute Gasteiger partial charge is 0.253 e. The van der Waals surface area contributed by atoms with Gasteiger partial charge in [-0.15, -0.1) is 5.10 Å². The van der Waals surface area contributed by atoms with Gasteiger partial charge in [0.05, 0.1) is 12.6 Å². The van der Waals surface area contributed by atoms with Crippen LogP contribution in [-0.4, -0.2) is 49.8 Å². The van der Waals surface area contributed by atoms with E-state index in [2.05, 4.69) is 25.4 Å². The predicted octanol–water partition coefficient (Wildman–Crippen LogP) is 3.21. The number of nitrogens with zero attached hydrogens (tertiary/aromatic N) is 5. The van der Waals surface area contributed by atoms with Crippen molar-refractivity contribution in [3.05, 3.63) is 46.0 Å². The summed E-state index contributed by atoms with van der Waals surface area (Å²) in [5.74, 6) is 1.59. The summed E-state index contributed by atoms with van der Waals surface area (Å²) < 4.78 is 7.65. The molecule has 1 aliphatic carbocycles. The standard InChI is InChI=1S/C22H28N6O2/c1-2-30-17-9-10-19-15(13-17)14-18(22(29)23-19)20(27-11-5-6-12-27)21-24-25-26-28(21)16-7-3-4-8-16/h9-10,13-14,16,20H,2-8,11-12H2,1H3,(H,23,29)/t20-/m0/s1. The minimum absolute atomic E-state index is 0.0791. The molecule has 1 saturated heterocycles. The van der Waals surface area contributed by atoms with Gasteiger partial charge in [-0.05, 0) is 80.4 Å². The minimum Gasteiger partial charge on any atom is -0.494 e. The molecule has 5 rings (SSSR count). The van der Waals surface area contributed by atoms with Crippen LogP contribution in [-0.2, 0) is 0 Å². The Morgan fingerprint density at radius 3 is 2.73 bits per heavy atom. The van der Waals surface area contributed by atoms with Crippen molar-refractivity contribution in [1.82, 2.24) is 30.1 Å². The molecule has 0 bridgehead atoms. The average molecular weight is 409 g/mol. The number of aromatic nitrogens is 5. The van der Waals surface area contributed by atoms with E-state index in [9.17, 15) is 4.79 Å². The average Bonchev–Trinajstić information content (AvgIpc) is 3.52. The van der Waals surface area contributed by atoms with Crippen LogP contribution in [0.15, 0.2) is 29.1 Å². The first-order valence-electron chi connectivity index (χ1n) is 11.1. The SMILES string of the molecule is CCOc1ccc2[nH]c(=O)c([C@@H](c3nnnn3C3CCCC3)N3CCCC3)cc2c1. The fourth-order valence-electron chi connectivity index (χ4n) is 4.95. The third kappa shape index (κ3) is 3.49. The predicted molar refractivity (Wildman–Crippen MR) is 114 cm³/mol. The number of nitrogens with one attached hydrogen (secondary N) is 1. The van der Waals surface area contributed by atoms with Crippen molar-refractivity contribution in [2.24, 2.45) is 0 Å². The van der Waals surface area contributed by atoms with Crippen molar-refractivity contribution in [1.29, 1.82) is 0 Å². The van der Waals surface area contributed by atoms with Crippen LogP contribution in [0.2, 0.25) is 0 Å². The van der Waals surface area contributed by atoms with Gasteiger partial charge in [0, 0.05) is 16.5 Å². The van der Waals surface area contributed by atoms with Gasteiger partial charge in [0.1, 0.15) is 11.8 Å². The molecule has 158 valence electrons. The Kier molecular flexibility index (Phi) is 5.25. The number of hydrogen-bond acceptors (Lipinski definition) is 6. The lowest BCUT2D eigenvalue weighted by Crippen LogP contribution is -2.33. The van der Waals surface area contributed by atoms with E-state index in [1.165, 1.54) is 12.8 Å². The zero-order valence-corrected chi connectivity index (χ0v) is 17.4. The van der Waals surface area contributed by atoms with Gasteiger partial charge >= 0.3 is 0 Å². The number of aromatic amines is 1. The highest BCUT2D eigenvalue weighted by Crippen LogP contribution is 2.35. The van der Waals surface area contributed by atoms with Crippen LogP contribution >= 0.6 is 0 Å². The molecule has 1 saturated carbocycles. The van der Waals surface area contributed by atoms with Crippen molar-refractivity contribution in [3.63, 3.8) is 0 Å². The highest BCUT2D eigenvalue weighted by atomic mass is 16.5. The summed E-state index contributed by atoms with van der Waals surface area (Å²) in [6.45, 7) is 4.46. The van der Waals surface area contributed by atoms with E-state index in [0.29, 0.717) is 18.2 Å². The molecule has 0 unspecified atom stereocenters. The number of fused-ring (bicyclic) bond motifs is 1. The summed E-state index contributed by atoms with van der Waals surface area (Å²) in [4.78, 5) is 18.6. The molecule has 1 aromatic carbocycles. The van der Waals surface area contributed by atoms with Crippen molar-refractivity contribution < 1.29 is 4.74 Å². The van der Waals surface area contributed by atoms with Crippen LogP contribution in [0.1, 0.15) is 68.9 Å². The number of ether oxygens (including phenoxy) is 1. The van der Waals surface area contributed by atoms with Crippen LogP contribution in [0, 0.1) is 0 Å². The molecule has 30 heavy (non-hydrogen) atoms. The Balaban J connectivity index is 1.63. The number of rotatable bonds is 6. The molecule has 2 fully saturated rings. The van der Waals surface area contributed by atoms with Crippen molar-refractivity contribution in [2.45, 2.75) is 57.5 Å². The second kappa shape index (κ2) is 8.18. The van der Waals surface area contributed by atoms with Crippen LogP contribution in [0.3, 0.4) is 0 Å². The fourth-order valence-corrected chi connectivity index (χ4v) is 4.95. The zero-order valence-electron chi connectivity index (χ0n) is 17.4. The summed E-state index contributed by atoms with van der Waals surface area (Å²) >= 11 is 0. The maximum absolute atomic E-state index is 13.2. The van der Waals surface area contributed by atoms with Gasteiger partial charge in [-0.2, -0.15) is 0 Å². The highest BCUT2D eigenvalue weighted by Gasteiger charge is 2.34. The molecule has 2 aliphatic rings. The quantitative estimate of drug-likeness (QED) is 0.674.